The Morgan fingerprint density at radius 2 is 1.83 bits per heavy atom. The van der Waals surface area contributed by atoms with Gasteiger partial charge in [-0.3, -0.25) is 0 Å². The normalized spacial score (nSPS) is 14.4. The van der Waals surface area contributed by atoms with E-state index in [-0.39, 0.29) is 17.8 Å². The molecule has 0 atom stereocenters. The van der Waals surface area contributed by atoms with Crippen molar-refractivity contribution in [2.45, 2.75) is 33.1 Å². The van der Waals surface area contributed by atoms with Gasteiger partial charge >= 0.3 is 6.03 Å². The maximum absolute atomic E-state index is 14.5. The largest absolute Gasteiger partial charge is 0.353 e. The molecule has 0 unspecified atom stereocenters. The van der Waals surface area contributed by atoms with E-state index in [0.717, 1.165) is 22.9 Å². The molecule has 2 amide bonds. The zero-order valence-electron chi connectivity index (χ0n) is 18.2. The van der Waals surface area contributed by atoms with Crippen LogP contribution in [0.25, 0.3) is 0 Å². The molecule has 30 heavy (non-hydrogen) atoms. The molecule has 162 valence electrons. The molecule has 1 fully saturated rings. The maximum atomic E-state index is 14.5. The highest BCUT2D eigenvalue weighted by Crippen LogP contribution is 2.30. The van der Waals surface area contributed by atoms with Crippen LogP contribution in [0.5, 0.6) is 0 Å². The molecule has 0 saturated carbocycles. The van der Waals surface area contributed by atoms with Gasteiger partial charge in [-0.15, -0.1) is 0 Å². The van der Waals surface area contributed by atoms with E-state index >= 15 is 0 Å². The van der Waals surface area contributed by atoms with Gasteiger partial charge in [0.25, 0.3) is 0 Å². The van der Waals surface area contributed by atoms with Crippen molar-refractivity contribution in [3.05, 3.63) is 51.7 Å². The number of nitrogens with zero attached hydrogens (tertiary/aromatic N) is 5. The second kappa shape index (κ2) is 9.16. The van der Waals surface area contributed by atoms with Crippen molar-refractivity contribution in [1.29, 1.82) is 0 Å². The Morgan fingerprint density at radius 3 is 2.40 bits per heavy atom. The quantitative estimate of drug-likeness (QED) is 0.728. The molecule has 1 saturated heterocycles. The second-order valence-corrected chi connectivity index (χ2v) is 8.56. The molecule has 3 rings (SSSR count). The van der Waals surface area contributed by atoms with Gasteiger partial charge in [0.1, 0.15) is 17.5 Å². The first-order valence-corrected chi connectivity index (χ1v) is 10.6. The minimum absolute atomic E-state index is 0.00903. The van der Waals surface area contributed by atoms with E-state index in [1.807, 2.05) is 11.8 Å². The lowest BCUT2D eigenvalue weighted by atomic mass is 10.0. The number of aromatic nitrogens is 2. The first-order chi connectivity index (χ1) is 14.2. The van der Waals surface area contributed by atoms with E-state index in [1.54, 1.807) is 31.1 Å². The first-order valence-electron chi connectivity index (χ1n) is 10.2. The molecule has 1 aliphatic heterocycles. The number of carbonyl (C=O) groups excluding carboxylic acids is 1. The smallest absolute Gasteiger partial charge is 0.319 e. The van der Waals surface area contributed by atoms with Crippen LogP contribution in [0.3, 0.4) is 0 Å². The summed E-state index contributed by atoms with van der Waals surface area (Å²) in [6.07, 6.45) is 0.321. The summed E-state index contributed by atoms with van der Waals surface area (Å²) >= 11 is 6.29. The van der Waals surface area contributed by atoms with Crippen molar-refractivity contribution in [1.82, 2.24) is 19.8 Å². The molecule has 0 N–H and O–H groups in total. The molecule has 2 aromatic rings. The van der Waals surface area contributed by atoms with Crippen molar-refractivity contribution in [3.8, 4) is 0 Å². The number of hydrogen-bond acceptors (Lipinski definition) is 4. The summed E-state index contributed by atoms with van der Waals surface area (Å²) in [7, 11) is 3.52. The van der Waals surface area contributed by atoms with Gasteiger partial charge in [0.05, 0.1) is 0 Å². The van der Waals surface area contributed by atoms with Crippen LogP contribution in [-0.4, -0.2) is 66.1 Å². The van der Waals surface area contributed by atoms with Gasteiger partial charge in [0.15, 0.2) is 0 Å². The fourth-order valence-electron chi connectivity index (χ4n) is 3.60. The number of rotatable bonds is 4. The monoisotopic (exact) mass is 433 g/mol. The molecule has 0 bridgehead atoms. The van der Waals surface area contributed by atoms with Crippen LogP contribution in [0.15, 0.2) is 18.2 Å². The molecule has 0 spiro atoms. The first kappa shape index (κ1) is 22.3. The Kier molecular flexibility index (Phi) is 6.81. The van der Waals surface area contributed by atoms with Crippen LogP contribution in [0.1, 0.15) is 42.4 Å². The van der Waals surface area contributed by atoms with Gasteiger partial charge in [-0.2, -0.15) is 0 Å². The van der Waals surface area contributed by atoms with Crippen molar-refractivity contribution in [2.75, 3.05) is 45.2 Å². The number of carbonyl (C=O) groups is 1. The van der Waals surface area contributed by atoms with Crippen molar-refractivity contribution in [3.63, 3.8) is 0 Å². The van der Waals surface area contributed by atoms with Gasteiger partial charge in [0.2, 0.25) is 0 Å². The third-order valence-corrected chi connectivity index (χ3v) is 5.73. The van der Waals surface area contributed by atoms with E-state index in [1.165, 1.54) is 6.07 Å². The molecular weight excluding hydrogens is 405 g/mol. The molecule has 8 heteroatoms. The van der Waals surface area contributed by atoms with Crippen LogP contribution in [-0.2, 0) is 6.42 Å². The minimum Gasteiger partial charge on any atom is -0.353 e. The fraction of sp³-hybridized carbons (Fsp3) is 0.500. The van der Waals surface area contributed by atoms with Crippen molar-refractivity contribution in [2.24, 2.45) is 0 Å². The Bertz CT molecular complexity index is 906. The molecule has 1 aromatic heterocycles. The summed E-state index contributed by atoms with van der Waals surface area (Å²) in [5, 5.41) is 0.398. The van der Waals surface area contributed by atoms with E-state index in [9.17, 15) is 9.18 Å². The number of aryl methyl sites for hydroxylation is 1. The summed E-state index contributed by atoms with van der Waals surface area (Å²) in [6, 6.07) is 4.73. The standard InChI is InChI=1S/C22H29ClFN5O/c1-14(2)20-25-15(3)16(13-17-18(23)7-6-8-19(17)24)21(26-20)28-9-11-29(12-10-28)22(30)27(4)5/h6-8,14H,9-13H2,1-5H3. The molecule has 1 aromatic carbocycles. The number of urea groups is 1. The number of piperazine rings is 1. The van der Waals surface area contributed by atoms with Gasteiger partial charge in [-0.25, -0.2) is 19.2 Å². The van der Waals surface area contributed by atoms with Crippen molar-refractivity contribution >= 4 is 23.4 Å². The Morgan fingerprint density at radius 1 is 1.17 bits per heavy atom. The Labute approximate surface area is 182 Å². The van der Waals surface area contributed by atoms with Gasteiger partial charge < -0.3 is 14.7 Å². The average molecular weight is 434 g/mol. The van der Waals surface area contributed by atoms with Crippen molar-refractivity contribution < 1.29 is 9.18 Å². The number of amides is 2. The highest BCUT2D eigenvalue weighted by Gasteiger charge is 2.26. The number of hydrogen-bond donors (Lipinski definition) is 0. The van der Waals surface area contributed by atoms with E-state index in [0.29, 0.717) is 43.2 Å². The topological polar surface area (TPSA) is 52.6 Å². The van der Waals surface area contributed by atoms with E-state index < -0.39 is 0 Å². The molecule has 2 heterocycles. The SMILES string of the molecule is Cc1nc(C(C)C)nc(N2CCN(C(=O)N(C)C)CC2)c1Cc1c(F)cccc1Cl. The van der Waals surface area contributed by atoms with Gasteiger partial charge in [-0.05, 0) is 19.1 Å². The Hall–Kier alpha value is -2.41. The number of anilines is 1. The summed E-state index contributed by atoms with van der Waals surface area (Å²) in [6.45, 7) is 8.58. The summed E-state index contributed by atoms with van der Waals surface area (Å²) in [5.74, 6) is 1.41. The maximum Gasteiger partial charge on any atom is 0.319 e. The average Bonchev–Trinajstić information content (AvgIpc) is 2.70. The summed E-state index contributed by atoms with van der Waals surface area (Å²) in [4.78, 5) is 27.4. The van der Waals surface area contributed by atoms with Crippen LogP contribution >= 0.6 is 11.6 Å². The van der Waals surface area contributed by atoms with E-state index in [2.05, 4.69) is 23.7 Å². The second-order valence-electron chi connectivity index (χ2n) is 8.15. The lowest BCUT2D eigenvalue weighted by Gasteiger charge is -2.37. The number of halogens is 2. The van der Waals surface area contributed by atoms with Crippen LogP contribution in [0.4, 0.5) is 15.0 Å². The zero-order chi connectivity index (χ0) is 22.0. The fourth-order valence-corrected chi connectivity index (χ4v) is 3.83. The zero-order valence-corrected chi connectivity index (χ0v) is 19.0. The van der Waals surface area contributed by atoms with Crippen LogP contribution in [0, 0.1) is 12.7 Å². The molecule has 0 aliphatic carbocycles. The van der Waals surface area contributed by atoms with Crippen LogP contribution in [0.2, 0.25) is 5.02 Å². The van der Waals surface area contributed by atoms with E-state index in [4.69, 9.17) is 16.6 Å². The molecule has 1 aliphatic rings. The summed E-state index contributed by atoms with van der Waals surface area (Å²) < 4.78 is 14.5. The molecule has 6 nitrogen and oxygen atoms in total. The third kappa shape index (κ3) is 4.67. The molecule has 0 radical (unpaired) electrons. The van der Waals surface area contributed by atoms with Gasteiger partial charge in [-0.1, -0.05) is 31.5 Å². The summed E-state index contributed by atoms with van der Waals surface area (Å²) in [5.41, 5.74) is 2.15. The molecular formula is C22H29ClFN5O. The lowest BCUT2D eigenvalue weighted by Crippen LogP contribution is -2.52. The predicted octanol–water partition coefficient (Wildman–Crippen LogP) is 4.10. The highest BCUT2D eigenvalue weighted by molar-refractivity contribution is 6.31. The minimum atomic E-state index is -0.331. The third-order valence-electron chi connectivity index (χ3n) is 5.37. The van der Waals surface area contributed by atoms with Crippen LogP contribution < -0.4 is 4.90 Å². The van der Waals surface area contributed by atoms with Gasteiger partial charge in [0, 0.05) is 74.5 Å². The lowest BCUT2D eigenvalue weighted by molar-refractivity contribution is 0.168. The predicted molar refractivity (Wildman–Crippen MR) is 118 cm³/mol. The highest BCUT2D eigenvalue weighted by atomic mass is 35.5. The Balaban J connectivity index is 1.95. The number of benzene rings is 1.